The summed E-state index contributed by atoms with van der Waals surface area (Å²) < 4.78 is 38.4. The number of benzene rings is 2. The minimum Gasteiger partial charge on any atom is -0.371 e. The zero-order chi connectivity index (χ0) is 19.7. The SMILES string of the molecule is C=C(c1ccc(SC(F)F)cc1)N1CCC2(CCc3cc(F)ccc3C2)CC1. The van der Waals surface area contributed by atoms with Gasteiger partial charge in [0.05, 0.1) is 0 Å². The number of rotatable bonds is 4. The molecule has 0 aromatic heterocycles. The molecule has 0 bridgehead atoms. The van der Waals surface area contributed by atoms with Gasteiger partial charge in [-0.15, -0.1) is 0 Å². The number of halogens is 3. The Bertz CT molecular complexity index is 855. The largest absolute Gasteiger partial charge is 0.371 e. The van der Waals surface area contributed by atoms with E-state index in [0.29, 0.717) is 22.1 Å². The zero-order valence-corrected chi connectivity index (χ0v) is 16.6. The number of piperidine rings is 1. The lowest BCUT2D eigenvalue weighted by Crippen LogP contribution is -2.42. The van der Waals surface area contributed by atoms with Crippen molar-refractivity contribution >= 4 is 17.5 Å². The maximum atomic E-state index is 13.5. The second-order valence-corrected chi connectivity index (χ2v) is 8.99. The molecule has 1 aliphatic carbocycles. The predicted molar refractivity (Wildman–Crippen MR) is 109 cm³/mol. The van der Waals surface area contributed by atoms with Crippen LogP contribution in [0.15, 0.2) is 53.9 Å². The monoisotopic (exact) mass is 403 g/mol. The van der Waals surface area contributed by atoms with Crippen LogP contribution in [0.2, 0.25) is 0 Å². The first-order chi connectivity index (χ1) is 13.4. The summed E-state index contributed by atoms with van der Waals surface area (Å²) in [6.45, 7) is 6.14. The molecule has 2 aromatic rings. The molecule has 1 aliphatic heterocycles. The maximum Gasteiger partial charge on any atom is 0.288 e. The molecule has 0 radical (unpaired) electrons. The standard InChI is InChI=1S/C23H24F3NS/c1-16(17-3-6-21(7-4-17)28-22(25)26)27-12-10-23(11-13-27)9-8-18-14-20(24)5-2-19(18)15-23/h2-7,14,22H,1,8-13,15H2. The normalized spacial score (nSPS) is 18.4. The lowest BCUT2D eigenvalue weighted by Gasteiger charge is -2.46. The van der Waals surface area contributed by atoms with Gasteiger partial charge in [-0.2, -0.15) is 8.78 Å². The van der Waals surface area contributed by atoms with Crippen LogP contribution < -0.4 is 0 Å². The number of thioether (sulfide) groups is 1. The van der Waals surface area contributed by atoms with Crippen LogP contribution in [-0.2, 0) is 12.8 Å². The van der Waals surface area contributed by atoms with E-state index in [0.717, 1.165) is 56.5 Å². The van der Waals surface area contributed by atoms with Gasteiger partial charge in [0.25, 0.3) is 5.76 Å². The van der Waals surface area contributed by atoms with Crippen molar-refractivity contribution in [2.45, 2.75) is 42.8 Å². The van der Waals surface area contributed by atoms with Gasteiger partial charge < -0.3 is 4.90 Å². The summed E-state index contributed by atoms with van der Waals surface area (Å²) in [7, 11) is 0. The van der Waals surface area contributed by atoms with Crippen LogP contribution in [-0.4, -0.2) is 23.7 Å². The fourth-order valence-corrected chi connectivity index (χ4v) is 5.08. The Kier molecular flexibility index (Phi) is 5.46. The Morgan fingerprint density at radius 1 is 1.00 bits per heavy atom. The topological polar surface area (TPSA) is 3.24 Å². The third kappa shape index (κ3) is 4.09. The van der Waals surface area contributed by atoms with E-state index >= 15 is 0 Å². The summed E-state index contributed by atoms with van der Waals surface area (Å²) >= 11 is 0.564. The van der Waals surface area contributed by atoms with Crippen LogP contribution >= 0.6 is 11.8 Å². The number of hydrogen-bond donors (Lipinski definition) is 0. The van der Waals surface area contributed by atoms with E-state index in [2.05, 4.69) is 11.5 Å². The molecule has 0 atom stereocenters. The first kappa shape index (κ1) is 19.4. The molecule has 148 valence electrons. The summed E-state index contributed by atoms with van der Waals surface area (Å²) in [4.78, 5) is 2.88. The maximum absolute atomic E-state index is 13.5. The number of hydrogen-bond acceptors (Lipinski definition) is 2. The van der Waals surface area contributed by atoms with E-state index in [1.165, 1.54) is 11.1 Å². The second kappa shape index (κ2) is 7.86. The first-order valence-electron chi connectivity index (χ1n) is 9.71. The van der Waals surface area contributed by atoms with Crippen LogP contribution in [0.1, 0.15) is 36.0 Å². The van der Waals surface area contributed by atoms with Gasteiger partial charge in [0.1, 0.15) is 5.82 Å². The number of fused-ring (bicyclic) bond motifs is 1. The summed E-state index contributed by atoms with van der Waals surface area (Å²) in [6.07, 6.45) is 5.30. The minimum absolute atomic E-state index is 0.140. The molecule has 0 amide bonds. The minimum atomic E-state index is -2.40. The van der Waals surface area contributed by atoms with Crippen molar-refractivity contribution in [3.05, 3.63) is 71.6 Å². The van der Waals surface area contributed by atoms with Gasteiger partial charge in [0.15, 0.2) is 0 Å². The van der Waals surface area contributed by atoms with Gasteiger partial charge in [0, 0.05) is 23.7 Å². The van der Waals surface area contributed by atoms with Crippen molar-refractivity contribution in [1.82, 2.24) is 4.90 Å². The molecule has 2 aromatic carbocycles. The number of alkyl halides is 2. The number of aryl methyl sites for hydroxylation is 1. The highest BCUT2D eigenvalue weighted by atomic mass is 32.2. The molecular weight excluding hydrogens is 379 g/mol. The average Bonchev–Trinajstić information content (AvgIpc) is 2.69. The molecule has 1 heterocycles. The molecule has 0 saturated carbocycles. The quantitative estimate of drug-likeness (QED) is 0.545. The molecular formula is C23H24F3NS. The van der Waals surface area contributed by atoms with Crippen LogP contribution in [0, 0.1) is 11.2 Å². The van der Waals surface area contributed by atoms with Crippen LogP contribution in [0.5, 0.6) is 0 Å². The Morgan fingerprint density at radius 2 is 1.71 bits per heavy atom. The van der Waals surface area contributed by atoms with Gasteiger partial charge in [-0.25, -0.2) is 4.39 Å². The molecule has 4 rings (SSSR count). The van der Waals surface area contributed by atoms with Gasteiger partial charge >= 0.3 is 0 Å². The molecule has 2 aliphatic rings. The molecule has 0 N–H and O–H groups in total. The van der Waals surface area contributed by atoms with Gasteiger partial charge in [-0.3, -0.25) is 0 Å². The Balaban J connectivity index is 1.39. The van der Waals surface area contributed by atoms with E-state index in [1.54, 1.807) is 24.3 Å². The smallest absolute Gasteiger partial charge is 0.288 e. The van der Waals surface area contributed by atoms with Crippen molar-refractivity contribution in [2.24, 2.45) is 5.41 Å². The molecule has 1 nitrogen and oxygen atoms in total. The fourth-order valence-electron chi connectivity index (χ4n) is 4.58. The van der Waals surface area contributed by atoms with Gasteiger partial charge in [-0.05, 0) is 78.5 Å². The highest BCUT2D eigenvalue weighted by Crippen LogP contribution is 2.44. The lowest BCUT2D eigenvalue weighted by molar-refractivity contribution is 0.123. The highest BCUT2D eigenvalue weighted by molar-refractivity contribution is 7.99. The Labute approximate surface area is 168 Å². The number of likely N-dealkylation sites (tertiary alicyclic amines) is 1. The van der Waals surface area contributed by atoms with E-state index in [4.69, 9.17) is 0 Å². The van der Waals surface area contributed by atoms with E-state index in [-0.39, 0.29) is 5.82 Å². The van der Waals surface area contributed by atoms with Crippen molar-refractivity contribution in [3.63, 3.8) is 0 Å². The van der Waals surface area contributed by atoms with E-state index in [1.807, 2.05) is 18.2 Å². The van der Waals surface area contributed by atoms with Crippen molar-refractivity contribution < 1.29 is 13.2 Å². The van der Waals surface area contributed by atoms with Crippen molar-refractivity contribution in [3.8, 4) is 0 Å². The number of nitrogens with zero attached hydrogens (tertiary/aromatic N) is 1. The third-order valence-corrected chi connectivity index (χ3v) is 7.00. The summed E-state index contributed by atoms with van der Waals surface area (Å²) in [5.41, 5.74) is 4.71. The van der Waals surface area contributed by atoms with Gasteiger partial charge in [0.2, 0.25) is 0 Å². The molecule has 1 saturated heterocycles. The molecule has 1 spiro atoms. The summed E-state index contributed by atoms with van der Waals surface area (Å²) in [5, 5.41) is 0. The third-order valence-electron chi connectivity index (χ3n) is 6.28. The second-order valence-electron chi connectivity index (χ2n) is 7.93. The molecule has 28 heavy (non-hydrogen) atoms. The van der Waals surface area contributed by atoms with Crippen LogP contribution in [0.3, 0.4) is 0 Å². The summed E-state index contributed by atoms with van der Waals surface area (Å²) in [5.74, 6) is -2.54. The van der Waals surface area contributed by atoms with Crippen molar-refractivity contribution in [2.75, 3.05) is 13.1 Å². The molecule has 5 heteroatoms. The van der Waals surface area contributed by atoms with Crippen LogP contribution in [0.4, 0.5) is 13.2 Å². The predicted octanol–water partition coefficient (Wildman–Crippen LogP) is 6.38. The van der Waals surface area contributed by atoms with Crippen molar-refractivity contribution in [1.29, 1.82) is 0 Å². The van der Waals surface area contributed by atoms with E-state index < -0.39 is 5.76 Å². The zero-order valence-electron chi connectivity index (χ0n) is 15.8. The van der Waals surface area contributed by atoms with Crippen LogP contribution in [0.25, 0.3) is 5.70 Å². The lowest BCUT2D eigenvalue weighted by atomic mass is 9.66. The molecule has 0 unspecified atom stereocenters. The Morgan fingerprint density at radius 3 is 2.39 bits per heavy atom. The Hall–Kier alpha value is -1.88. The first-order valence-corrected chi connectivity index (χ1v) is 10.6. The van der Waals surface area contributed by atoms with E-state index in [9.17, 15) is 13.2 Å². The summed E-state index contributed by atoms with van der Waals surface area (Å²) in [6, 6.07) is 12.4. The fraction of sp³-hybridized carbons (Fsp3) is 0.391. The van der Waals surface area contributed by atoms with Gasteiger partial charge in [-0.1, -0.05) is 36.5 Å². The molecule has 1 fully saturated rings. The highest BCUT2D eigenvalue weighted by Gasteiger charge is 2.37. The average molecular weight is 404 g/mol.